The van der Waals surface area contributed by atoms with Gasteiger partial charge >= 0.3 is 0 Å². The normalized spacial score (nSPS) is 22.6. The number of nitrogens with one attached hydrogen (secondary N) is 2. The number of carbonyl (C=O) groups excluding carboxylic acids is 1. The number of nitrogens with zero attached hydrogens (tertiary/aromatic N) is 2. The number of aromatic nitrogens is 2. The van der Waals surface area contributed by atoms with E-state index in [1.165, 1.54) is 17.7 Å². The van der Waals surface area contributed by atoms with Crippen molar-refractivity contribution in [3.63, 3.8) is 0 Å². The number of aliphatic hydroxyl groups is 1. The summed E-state index contributed by atoms with van der Waals surface area (Å²) in [6.07, 6.45) is 3.23. The minimum absolute atomic E-state index is 0.187. The maximum atomic E-state index is 11.9. The average Bonchev–Trinajstić information content (AvgIpc) is 3.04. The van der Waals surface area contributed by atoms with Gasteiger partial charge in [-0.3, -0.25) is 15.6 Å². The molecular formula is C12H14N4O2S. The molecule has 2 atom stereocenters. The van der Waals surface area contributed by atoms with Crippen LogP contribution < -0.4 is 10.9 Å². The van der Waals surface area contributed by atoms with Crippen LogP contribution in [0.2, 0.25) is 0 Å². The van der Waals surface area contributed by atoms with Crippen molar-refractivity contribution in [2.24, 2.45) is 5.92 Å². The van der Waals surface area contributed by atoms with Crippen LogP contribution in [-0.2, 0) is 4.79 Å². The maximum Gasteiger partial charge on any atom is 0.244 e. The van der Waals surface area contributed by atoms with Gasteiger partial charge in [0.1, 0.15) is 6.33 Å². The molecule has 0 aliphatic heterocycles. The van der Waals surface area contributed by atoms with Crippen LogP contribution in [0.4, 0.5) is 5.82 Å². The zero-order valence-corrected chi connectivity index (χ0v) is 11.0. The lowest BCUT2D eigenvalue weighted by molar-refractivity contribution is -0.126. The monoisotopic (exact) mass is 278 g/mol. The molecule has 2 aromatic rings. The van der Waals surface area contributed by atoms with E-state index in [2.05, 4.69) is 20.8 Å². The van der Waals surface area contributed by atoms with Gasteiger partial charge in [-0.2, -0.15) is 0 Å². The molecule has 0 bridgehead atoms. The molecule has 1 aliphatic rings. The SMILES string of the molecule is O=C(NNc1ncnc2ccsc12)C1CCCC1O. The second kappa shape index (κ2) is 5.10. The van der Waals surface area contributed by atoms with Gasteiger partial charge in [-0.05, 0) is 30.7 Å². The van der Waals surface area contributed by atoms with Gasteiger partial charge in [0, 0.05) is 0 Å². The van der Waals surface area contributed by atoms with Gasteiger partial charge in [-0.15, -0.1) is 11.3 Å². The summed E-state index contributed by atoms with van der Waals surface area (Å²) >= 11 is 1.51. The second-order valence-electron chi connectivity index (χ2n) is 4.58. The molecule has 19 heavy (non-hydrogen) atoms. The van der Waals surface area contributed by atoms with Crippen molar-refractivity contribution in [3.05, 3.63) is 17.8 Å². The van der Waals surface area contributed by atoms with E-state index in [9.17, 15) is 9.90 Å². The van der Waals surface area contributed by atoms with Gasteiger partial charge in [0.15, 0.2) is 5.82 Å². The van der Waals surface area contributed by atoms with Crippen molar-refractivity contribution >= 4 is 33.3 Å². The Morgan fingerprint density at radius 2 is 2.32 bits per heavy atom. The third kappa shape index (κ3) is 2.39. The van der Waals surface area contributed by atoms with Gasteiger partial charge < -0.3 is 5.11 Å². The number of thiophene rings is 1. The van der Waals surface area contributed by atoms with Crippen molar-refractivity contribution in [2.75, 3.05) is 5.43 Å². The Balaban J connectivity index is 1.69. The summed E-state index contributed by atoms with van der Waals surface area (Å²) < 4.78 is 0.898. The van der Waals surface area contributed by atoms with E-state index in [0.29, 0.717) is 12.2 Å². The summed E-state index contributed by atoms with van der Waals surface area (Å²) in [5.74, 6) is 0.0716. The molecule has 0 aromatic carbocycles. The number of hydrazine groups is 1. The molecule has 1 amide bonds. The van der Waals surface area contributed by atoms with Crippen LogP contribution in [0.3, 0.4) is 0 Å². The minimum Gasteiger partial charge on any atom is -0.392 e. The van der Waals surface area contributed by atoms with Crippen molar-refractivity contribution in [1.82, 2.24) is 15.4 Å². The lowest BCUT2D eigenvalue weighted by Crippen LogP contribution is -2.38. The molecule has 2 aromatic heterocycles. The molecule has 2 unspecified atom stereocenters. The van der Waals surface area contributed by atoms with Gasteiger partial charge in [-0.25, -0.2) is 9.97 Å². The van der Waals surface area contributed by atoms with E-state index in [1.807, 2.05) is 11.4 Å². The highest BCUT2D eigenvalue weighted by Gasteiger charge is 2.31. The highest BCUT2D eigenvalue weighted by molar-refractivity contribution is 7.17. The number of anilines is 1. The van der Waals surface area contributed by atoms with Crippen molar-refractivity contribution in [2.45, 2.75) is 25.4 Å². The summed E-state index contributed by atoms with van der Waals surface area (Å²) in [5, 5.41) is 11.6. The summed E-state index contributed by atoms with van der Waals surface area (Å²) in [6, 6.07) is 1.90. The van der Waals surface area contributed by atoms with Crippen LogP contribution in [0.5, 0.6) is 0 Å². The van der Waals surface area contributed by atoms with Gasteiger partial charge in [0.2, 0.25) is 5.91 Å². The first kappa shape index (κ1) is 12.3. The third-order valence-corrected chi connectivity index (χ3v) is 4.27. The maximum absolute atomic E-state index is 11.9. The zero-order valence-electron chi connectivity index (χ0n) is 10.2. The Morgan fingerprint density at radius 1 is 1.42 bits per heavy atom. The lowest BCUT2D eigenvalue weighted by Gasteiger charge is -2.15. The van der Waals surface area contributed by atoms with Crippen molar-refractivity contribution in [3.8, 4) is 0 Å². The molecule has 6 nitrogen and oxygen atoms in total. The molecule has 100 valence electrons. The Labute approximate surface area is 113 Å². The highest BCUT2D eigenvalue weighted by atomic mass is 32.1. The van der Waals surface area contributed by atoms with Crippen molar-refractivity contribution in [1.29, 1.82) is 0 Å². The quantitative estimate of drug-likeness (QED) is 0.737. The Morgan fingerprint density at radius 3 is 3.11 bits per heavy atom. The largest absolute Gasteiger partial charge is 0.392 e. The Kier molecular flexibility index (Phi) is 3.31. The van der Waals surface area contributed by atoms with Gasteiger partial charge in [-0.1, -0.05) is 0 Å². The van der Waals surface area contributed by atoms with Crippen LogP contribution in [0.15, 0.2) is 17.8 Å². The van der Waals surface area contributed by atoms with E-state index in [-0.39, 0.29) is 11.8 Å². The average molecular weight is 278 g/mol. The first-order valence-electron chi connectivity index (χ1n) is 6.18. The fourth-order valence-corrected chi connectivity index (χ4v) is 3.13. The van der Waals surface area contributed by atoms with Gasteiger partial charge in [0.05, 0.1) is 22.2 Å². The summed E-state index contributed by atoms with van der Waals surface area (Å²) in [4.78, 5) is 20.2. The number of hydrogen-bond donors (Lipinski definition) is 3. The van der Waals surface area contributed by atoms with Gasteiger partial charge in [0.25, 0.3) is 0 Å². The predicted molar refractivity (Wildman–Crippen MR) is 72.5 cm³/mol. The highest BCUT2D eigenvalue weighted by Crippen LogP contribution is 2.26. The Bertz CT molecular complexity index is 600. The Hall–Kier alpha value is -1.73. The zero-order chi connectivity index (χ0) is 13.2. The smallest absolute Gasteiger partial charge is 0.244 e. The number of hydrogen-bond acceptors (Lipinski definition) is 6. The van der Waals surface area contributed by atoms with Crippen molar-refractivity contribution < 1.29 is 9.90 Å². The molecule has 1 aliphatic carbocycles. The molecule has 3 rings (SSSR count). The van der Waals surface area contributed by atoms with E-state index < -0.39 is 6.10 Å². The van der Waals surface area contributed by atoms with Crippen LogP contribution in [-0.4, -0.2) is 27.1 Å². The first-order valence-corrected chi connectivity index (χ1v) is 7.06. The van der Waals surface area contributed by atoms with Crippen LogP contribution in [0.25, 0.3) is 10.2 Å². The fraction of sp³-hybridized carbons (Fsp3) is 0.417. The van der Waals surface area contributed by atoms with E-state index in [1.54, 1.807) is 0 Å². The molecule has 1 saturated carbocycles. The number of carbonyl (C=O) groups is 1. The molecule has 0 radical (unpaired) electrons. The molecule has 7 heteroatoms. The van der Waals surface area contributed by atoms with E-state index in [0.717, 1.165) is 23.1 Å². The molecule has 1 fully saturated rings. The molecule has 2 heterocycles. The summed E-state index contributed by atoms with van der Waals surface area (Å²) in [6.45, 7) is 0. The third-order valence-electron chi connectivity index (χ3n) is 3.36. The van der Waals surface area contributed by atoms with E-state index in [4.69, 9.17) is 0 Å². The molecule has 0 saturated heterocycles. The standard InChI is InChI=1S/C12H14N4O2S/c17-9-3-1-2-7(9)12(18)16-15-11-10-8(4-5-19-10)13-6-14-11/h4-7,9,17H,1-3H2,(H,16,18)(H,13,14,15). The fourth-order valence-electron chi connectivity index (χ4n) is 2.34. The lowest BCUT2D eigenvalue weighted by atomic mass is 10.1. The molecular weight excluding hydrogens is 264 g/mol. The summed E-state index contributed by atoms with van der Waals surface area (Å²) in [5.41, 5.74) is 6.29. The number of fused-ring (bicyclic) bond motifs is 1. The van der Waals surface area contributed by atoms with Crippen LogP contribution in [0.1, 0.15) is 19.3 Å². The number of aliphatic hydroxyl groups excluding tert-OH is 1. The van der Waals surface area contributed by atoms with E-state index >= 15 is 0 Å². The van der Waals surface area contributed by atoms with Crippen LogP contribution in [0, 0.1) is 5.92 Å². The topological polar surface area (TPSA) is 87.1 Å². The first-order chi connectivity index (χ1) is 9.25. The predicted octanol–water partition coefficient (Wildman–Crippen LogP) is 1.30. The number of amides is 1. The molecule has 3 N–H and O–H groups in total. The van der Waals surface area contributed by atoms with Crippen LogP contribution >= 0.6 is 11.3 Å². The molecule has 0 spiro atoms. The minimum atomic E-state index is -0.533. The number of rotatable bonds is 3. The summed E-state index contributed by atoms with van der Waals surface area (Å²) in [7, 11) is 0. The second-order valence-corrected chi connectivity index (χ2v) is 5.49.